The van der Waals surface area contributed by atoms with Gasteiger partial charge in [-0.1, -0.05) is 127 Å². The summed E-state index contributed by atoms with van der Waals surface area (Å²) in [7, 11) is 0. The maximum Gasteiger partial charge on any atom is 0.164 e. The van der Waals surface area contributed by atoms with Gasteiger partial charge in [-0.05, 0) is 63.6 Å². The summed E-state index contributed by atoms with van der Waals surface area (Å²) in [5.41, 5.74) is 0.559. The van der Waals surface area contributed by atoms with Crippen LogP contribution in [0.1, 0.15) is 17.8 Å². The van der Waals surface area contributed by atoms with Gasteiger partial charge in [0.2, 0.25) is 0 Å². The van der Waals surface area contributed by atoms with Crippen molar-refractivity contribution in [3.63, 3.8) is 0 Å². The zero-order chi connectivity index (χ0) is 45.5. The minimum atomic E-state index is -0.739. The molecule has 11 aromatic rings. The van der Waals surface area contributed by atoms with Crippen LogP contribution in [0.3, 0.4) is 0 Å². The van der Waals surface area contributed by atoms with Crippen LogP contribution in [0, 0.1) is 0 Å². The van der Waals surface area contributed by atoms with E-state index < -0.39 is 89.7 Å². The van der Waals surface area contributed by atoms with E-state index in [4.69, 9.17) is 36.1 Å². The Labute approximate surface area is 315 Å². The first kappa shape index (κ1) is 18.8. The minimum absolute atomic E-state index is 0.161. The van der Waals surface area contributed by atoms with E-state index in [1.165, 1.54) is 0 Å². The summed E-state index contributed by atoms with van der Waals surface area (Å²) < 4.78 is 128. The molecule has 0 aliphatic rings. The molecule has 0 unspecified atom stereocenters. The third kappa shape index (κ3) is 4.46. The Bertz CT molecular complexity index is 3930. The van der Waals surface area contributed by atoms with Crippen molar-refractivity contribution in [1.29, 1.82) is 0 Å². The van der Waals surface area contributed by atoms with E-state index in [1.807, 2.05) is 78.9 Å². The van der Waals surface area contributed by atoms with Crippen molar-refractivity contribution in [3.05, 3.63) is 163 Å². The summed E-state index contributed by atoms with van der Waals surface area (Å²) in [5.74, 6) is 0.195. The van der Waals surface area contributed by atoms with Crippen LogP contribution in [0.4, 0.5) is 0 Å². The van der Waals surface area contributed by atoms with E-state index in [2.05, 4.69) is 0 Å². The van der Waals surface area contributed by atoms with Gasteiger partial charge in [0.05, 0.1) is 17.8 Å². The molecule has 3 aromatic heterocycles. The maximum absolute atomic E-state index is 9.66. The first-order valence-corrected chi connectivity index (χ1v) is 16.3. The standard InChI is InChI=1S/C47H27N3O2/c1-2-11-29(12-3-1)39-27-40-36-24-22-31(26-43(36)52-44(40)37-18-7-6-16-33(37)39)46-48-45(30-21-23-35-34-17-8-9-20-41(34)51-42(35)25-30)49-47(50-46)38-19-10-14-28-13-4-5-15-32(28)38/h1-27H/i1D,2D,3D,6D,7D,11D,12D,16D,18D,22D,24D,26D,27D. The van der Waals surface area contributed by atoms with E-state index in [-0.39, 0.29) is 55.7 Å². The first-order valence-electron chi connectivity index (χ1n) is 22.8. The normalized spacial score (nSPS) is 15.3. The van der Waals surface area contributed by atoms with E-state index in [9.17, 15) is 5.48 Å². The number of aromatic nitrogens is 3. The lowest BCUT2D eigenvalue weighted by Gasteiger charge is -2.10. The monoisotopic (exact) mass is 678 g/mol. The second-order valence-corrected chi connectivity index (χ2v) is 12.2. The molecule has 5 nitrogen and oxygen atoms in total. The van der Waals surface area contributed by atoms with E-state index in [0.29, 0.717) is 22.3 Å². The molecule has 0 saturated carbocycles. The summed E-state index contributed by atoms with van der Waals surface area (Å²) in [6, 6.07) is 17.9. The van der Waals surface area contributed by atoms with Gasteiger partial charge in [0, 0.05) is 43.6 Å². The SMILES string of the molecule is [2H]c1c([2H])c([2H])c(-c2c([2H])c3c(oc4c([2H])c(-c5nc(-c6ccc7c(c6)oc6ccccc67)nc(-c6cccc7ccccc67)n5)c([2H])c([2H])c43)c3c([2H])c([2H])c([2H])c([2H])c23)c([2H])c1[2H]. The molecule has 52 heavy (non-hydrogen) atoms. The second-order valence-electron chi connectivity index (χ2n) is 12.2. The highest BCUT2D eigenvalue weighted by Crippen LogP contribution is 2.41. The molecule has 0 bridgehead atoms. The average Bonchev–Trinajstić information content (AvgIpc) is 3.91. The zero-order valence-corrected chi connectivity index (χ0v) is 26.7. The van der Waals surface area contributed by atoms with Crippen LogP contribution in [0.2, 0.25) is 0 Å². The highest BCUT2D eigenvalue weighted by Gasteiger charge is 2.19. The van der Waals surface area contributed by atoms with Crippen LogP contribution < -0.4 is 0 Å². The Morgan fingerprint density at radius 1 is 0.404 bits per heavy atom. The van der Waals surface area contributed by atoms with Crippen molar-refractivity contribution < 1.29 is 26.7 Å². The molecule has 11 rings (SSSR count). The molecule has 0 aliphatic carbocycles. The topological polar surface area (TPSA) is 65.0 Å². The summed E-state index contributed by atoms with van der Waals surface area (Å²) in [4.78, 5) is 14.6. The van der Waals surface area contributed by atoms with Crippen molar-refractivity contribution in [1.82, 2.24) is 15.0 Å². The number of fused-ring (bicyclic) bond motifs is 9. The van der Waals surface area contributed by atoms with Gasteiger partial charge in [-0.15, -0.1) is 0 Å². The van der Waals surface area contributed by atoms with Gasteiger partial charge >= 0.3 is 0 Å². The lowest BCUT2D eigenvalue weighted by Crippen LogP contribution is -2.00. The highest BCUT2D eigenvalue weighted by molar-refractivity contribution is 6.19. The predicted octanol–water partition coefficient (Wildman–Crippen LogP) is 12.6. The van der Waals surface area contributed by atoms with Crippen LogP contribution in [0.25, 0.3) is 111 Å². The fraction of sp³-hybridized carbons (Fsp3) is 0. The number of hydrogen-bond donors (Lipinski definition) is 0. The third-order valence-electron chi connectivity index (χ3n) is 9.15. The average molecular weight is 679 g/mol. The molecular weight excluding hydrogens is 639 g/mol. The van der Waals surface area contributed by atoms with Gasteiger partial charge < -0.3 is 8.83 Å². The van der Waals surface area contributed by atoms with Gasteiger partial charge in [0.25, 0.3) is 0 Å². The molecule has 0 aliphatic heterocycles. The van der Waals surface area contributed by atoms with Crippen molar-refractivity contribution in [2.45, 2.75) is 0 Å². The van der Waals surface area contributed by atoms with Gasteiger partial charge in [0.1, 0.15) is 22.3 Å². The van der Waals surface area contributed by atoms with Crippen LogP contribution in [0.15, 0.2) is 172 Å². The molecule has 0 spiro atoms. The summed E-state index contributed by atoms with van der Waals surface area (Å²) in [5, 5.41) is 2.32. The second kappa shape index (κ2) is 11.2. The van der Waals surface area contributed by atoms with Crippen LogP contribution in [-0.2, 0) is 0 Å². The number of nitrogens with zero attached hydrogens (tertiary/aromatic N) is 3. The third-order valence-corrected chi connectivity index (χ3v) is 9.15. The lowest BCUT2D eigenvalue weighted by molar-refractivity contribution is 0.669. The number of benzene rings is 8. The van der Waals surface area contributed by atoms with Crippen LogP contribution in [0.5, 0.6) is 0 Å². The Balaban J connectivity index is 1.24. The molecule has 0 amide bonds. The van der Waals surface area contributed by atoms with E-state index in [1.54, 1.807) is 6.07 Å². The molecule has 0 fully saturated rings. The fourth-order valence-electron chi connectivity index (χ4n) is 6.76. The largest absolute Gasteiger partial charge is 0.456 e. The van der Waals surface area contributed by atoms with Gasteiger partial charge in [-0.25, -0.2) is 15.0 Å². The molecular formula is C47H27N3O2. The van der Waals surface area contributed by atoms with E-state index in [0.717, 1.165) is 21.5 Å². The number of furan rings is 2. The zero-order valence-electron chi connectivity index (χ0n) is 39.7. The smallest absolute Gasteiger partial charge is 0.164 e. The molecule has 3 heterocycles. The molecule has 8 aromatic carbocycles. The molecule has 0 saturated heterocycles. The Morgan fingerprint density at radius 3 is 2.04 bits per heavy atom. The van der Waals surface area contributed by atoms with Crippen molar-refractivity contribution in [2.75, 3.05) is 0 Å². The Hall–Kier alpha value is -7.11. The maximum atomic E-state index is 9.66. The first-order chi connectivity index (χ1) is 31.2. The molecule has 242 valence electrons. The summed E-state index contributed by atoms with van der Waals surface area (Å²) in [6.45, 7) is 0. The number of hydrogen-bond acceptors (Lipinski definition) is 5. The molecule has 0 atom stereocenters. The van der Waals surface area contributed by atoms with Crippen molar-refractivity contribution in [2.24, 2.45) is 0 Å². The van der Waals surface area contributed by atoms with Gasteiger partial charge in [0.15, 0.2) is 17.5 Å². The Kier molecular flexibility index (Phi) is 4.04. The van der Waals surface area contributed by atoms with Gasteiger partial charge in [-0.3, -0.25) is 0 Å². The lowest BCUT2D eigenvalue weighted by atomic mass is 9.95. The molecule has 5 heteroatoms. The van der Waals surface area contributed by atoms with Crippen LogP contribution >= 0.6 is 0 Å². The fourth-order valence-corrected chi connectivity index (χ4v) is 6.76. The summed E-state index contributed by atoms with van der Waals surface area (Å²) >= 11 is 0. The van der Waals surface area contributed by atoms with Crippen molar-refractivity contribution in [3.8, 4) is 45.3 Å². The quantitative estimate of drug-likeness (QED) is 0.185. The minimum Gasteiger partial charge on any atom is -0.456 e. The Morgan fingerprint density at radius 2 is 1.13 bits per heavy atom. The van der Waals surface area contributed by atoms with Crippen LogP contribution in [-0.4, -0.2) is 15.0 Å². The highest BCUT2D eigenvalue weighted by atomic mass is 16.3. The van der Waals surface area contributed by atoms with E-state index >= 15 is 0 Å². The molecule has 0 radical (unpaired) electrons. The number of para-hydroxylation sites is 1. The van der Waals surface area contributed by atoms with Crippen molar-refractivity contribution >= 4 is 65.4 Å². The van der Waals surface area contributed by atoms with Gasteiger partial charge in [-0.2, -0.15) is 0 Å². The number of rotatable bonds is 4. The molecule has 0 N–H and O–H groups in total. The predicted molar refractivity (Wildman–Crippen MR) is 211 cm³/mol. The summed E-state index contributed by atoms with van der Waals surface area (Å²) in [6.07, 6.45) is 0.